The van der Waals surface area contributed by atoms with Gasteiger partial charge < -0.3 is 0 Å². The number of sulfonamides is 1. The molecule has 0 fully saturated rings. The monoisotopic (exact) mass is 273 g/mol. The van der Waals surface area contributed by atoms with Gasteiger partial charge in [0.1, 0.15) is 7.11 Å². The summed E-state index contributed by atoms with van der Waals surface area (Å²) < 4.78 is 23.9. The van der Waals surface area contributed by atoms with Gasteiger partial charge in [0.15, 0.2) is 0 Å². The molecule has 0 saturated carbocycles. The van der Waals surface area contributed by atoms with Gasteiger partial charge in [-0.15, -0.1) is 5.01 Å². The van der Waals surface area contributed by atoms with E-state index in [0.29, 0.717) is 18.8 Å². The minimum absolute atomic E-state index is 0.562. The van der Waals surface area contributed by atoms with Crippen LogP contribution in [0, 0.1) is 0 Å². The van der Waals surface area contributed by atoms with E-state index in [0.717, 1.165) is 0 Å². The highest BCUT2D eigenvalue weighted by Crippen LogP contribution is 2.29. The molecular formula is C12H21N2O3S+. The van der Waals surface area contributed by atoms with Crippen molar-refractivity contribution in [3.8, 4) is 0 Å². The third-order valence-corrected chi connectivity index (χ3v) is 4.37. The number of nitrogens with zero attached hydrogens (tertiary/aromatic N) is 2. The Kier molecular flexibility index (Phi) is 4.86. The van der Waals surface area contributed by atoms with E-state index in [4.69, 9.17) is 4.84 Å². The van der Waals surface area contributed by atoms with Crippen LogP contribution < -0.4 is 4.16 Å². The van der Waals surface area contributed by atoms with Gasteiger partial charge in [-0.05, 0) is 13.8 Å². The number of benzene rings is 1. The van der Waals surface area contributed by atoms with Gasteiger partial charge in [0.25, 0.3) is 0 Å². The van der Waals surface area contributed by atoms with Crippen LogP contribution in [0.2, 0.25) is 0 Å². The van der Waals surface area contributed by atoms with E-state index < -0.39 is 14.2 Å². The Labute approximate surface area is 109 Å². The van der Waals surface area contributed by atoms with Crippen molar-refractivity contribution in [3.63, 3.8) is 0 Å². The van der Waals surface area contributed by atoms with Crippen molar-refractivity contribution < 1.29 is 13.3 Å². The summed E-state index contributed by atoms with van der Waals surface area (Å²) in [5, 5.41) is 1.74. The van der Waals surface area contributed by atoms with Crippen molar-refractivity contribution in [2.75, 3.05) is 26.5 Å². The zero-order valence-corrected chi connectivity index (χ0v) is 12.1. The molecule has 102 valence electrons. The topological polar surface area (TPSA) is 46.6 Å². The van der Waals surface area contributed by atoms with Gasteiger partial charge in [0.2, 0.25) is 5.69 Å². The van der Waals surface area contributed by atoms with E-state index in [9.17, 15) is 8.42 Å². The Hall–Kier alpha value is -0.950. The van der Waals surface area contributed by atoms with Gasteiger partial charge in [0.05, 0.1) is 6.26 Å². The van der Waals surface area contributed by atoms with Crippen LogP contribution in [0.5, 0.6) is 0 Å². The molecule has 0 N–H and O–H groups in total. The lowest BCUT2D eigenvalue weighted by Gasteiger charge is -2.37. The predicted octanol–water partition coefficient (Wildman–Crippen LogP) is 1.77. The summed E-state index contributed by atoms with van der Waals surface area (Å²) in [6.45, 7) is 4.94. The molecule has 0 amide bonds. The average molecular weight is 273 g/mol. The van der Waals surface area contributed by atoms with Crippen molar-refractivity contribution >= 4 is 15.7 Å². The lowest BCUT2D eigenvalue weighted by atomic mass is 10.3. The molecule has 1 atom stereocenters. The maximum Gasteiger partial charge on any atom is 0.347 e. The van der Waals surface area contributed by atoms with Crippen LogP contribution in [0.15, 0.2) is 30.3 Å². The fourth-order valence-corrected chi connectivity index (χ4v) is 3.56. The second-order valence-corrected chi connectivity index (χ2v) is 5.87. The Morgan fingerprint density at radius 1 is 1.17 bits per heavy atom. The van der Waals surface area contributed by atoms with Crippen LogP contribution in [-0.4, -0.2) is 39.9 Å². The van der Waals surface area contributed by atoms with E-state index in [2.05, 4.69) is 0 Å². The highest BCUT2D eigenvalue weighted by atomic mass is 32.2. The molecule has 0 heterocycles. The quantitative estimate of drug-likeness (QED) is 0.585. The van der Waals surface area contributed by atoms with Crippen LogP contribution in [-0.2, 0) is 14.9 Å². The van der Waals surface area contributed by atoms with Crippen LogP contribution in [0.4, 0.5) is 5.69 Å². The SMILES string of the molecule is CCN(CC)[N+](OC)(c1ccccc1)S(C)(=O)=O. The minimum atomic E-state index is -3.51. The molecule has 18 heavy (non-hydrogen) atoms. The lowest BCUT2D eigenvalue weighted by Crippen LogP contribution is -2.63. The first kappa shape index (κ1) is 15.1. The van der Waals surface area contributed by atoms with Crippen molar-refractivity contribution in [1.82, 2.24) is 9.17 Å². The Morgan fingerprint density at radius 2 is 1.67 bits per heavy atom. The van der Waals surface area contributed by atoms with E-state index in [1.54, 1.807) is 29.3 Å². The molecule has 0 aromatic heterocycles. The Morgan fingerprint density at radius 3 is 2.00 bits per heavy atom. The average Bonchev–Trinajstić information content (AvgIpc) is 2.35. The van der Waals surface area contributed by atoms with E-state index in [1.807, 2.05) is 19.9 Å². The second-order valence-electron chi connectivity index (χ2n) is 3.91. The predicted molar refractivity (Wildman–Crippen MR) is 73.0 cm³/mol. The van der Waals surface area contributed by atoms with Gasteiger partial charge in [-0.25, -0.2) is 0 Å². The highest BCUT2D eigenvalue weighted by Gasteiger charge is 2.48. The first-order valence-corrected chi connectivity index (χ1v) is 7.74. The fraction of sp³-hybridized carbons (Fsp3) is 0.500. The fourth-order valence-electron chi connectivity index (χ4n) is 2.13. The van der Waals surface area contributed by atoms with Gasteiger partial charge in [0, 0.05) is 29.4 Å². The maximum atomic E-state index is 12.2. The molecule has 0 aliphatic rings. The van der Waals surface area contributed by atoms with Gasteiger partial charge in [-0.1, -0.05) is 18.2 Å². The summed E-state index contributed by atoms with van der Waals surface area (Å²) in [5.41, 5.74) is 0.575. The molecule has 0 saturated heterocycles. The summed E-state index contributed by atoms with van der Waals surface area (Å²) in [4.78, 5) is 5.41. The molecule has 0 aliphatic carbocycles. The zero-order chi connectivity index (χ0) is 13.8. The normalized spacial score (nSPS) is 15.6. The summed E-state index contributed by atoms with van der Waals surface area (Å²) >= 11 is 0. The molecule has 6 heteroatoms. The Balaban J connectivity index is 3.52. The highest BCUT2D eigenvalue weighted by molar-refractivity contribution is 7.89. The summed E-state index contributed by atoms with van der Waals surface area (Å²) in [6, 6.07) is 8.95. The van der Waals surface area contributed by atoms with Crippen LogP contribution in [0.3, 0.4) is 0 Å². The molecule has 1 rings (SSSR count). The van der Waals surface area contributed by atoms with Crippen LogP contribution in [0.25, 0.3) is 0 Å². The second kappa shape index (κ2) is 5.79. The van der Waals surface area contributed by atoms with E-state index in [-0.39, 0.29) is 0 Å². The molecule has 1 aromatic carbocycles. The molecule has 1 aromatic rings. The molecule has 0 radical (unpaired) electrons. The molecule has 0 spiro atoms. The van der Waals surface area contributed by atoms with Gasteiger partial charge in [-0.3, -0.25) is 0 Å². The minimum Gasteiger partial charge on any atom is -0.168 e. The van der Waals surface area contributed by atoms with E-state index in [1.165, 1.54) is 13.4 Å². The first-order chi connectivity index (χ1) is 8.44. The molecule has 1 unspecified atom stereocenters. The number of hydrogen-bond donors (Lipinski definition) is 0. The van der Waals surface area contributed by atoms with Crippen LogP contribution >= 0.6 is 0 Å². The molecule has 5 nitrogen and oxygen atoms in total. The smallest absolute Gasteiger partial charge is 0.168 e. The Bertz CT molecular complexity index is 471. The number of rotatable bonds is 6. The summed E-state index contributed by atoms with van der Waals surface area (Å²) in [5.74, 6) is 0. The summed E-state index contributed by atoms with van der Waals surface area (Å²) in [7, 11) is -2.10. The van der Waals surface area contributed by atoms with Gasteiger partial charge >= 0.3 is 10.0 Å². The lowest BCUT2D eigenvalue weighted by molar-refractivity contribution is -0.178. The van der Waals surface area contributed by atoms with Crippen molar-refractivity contribution in [2.24, 2.45) is 0 Å². The first-order valence-electron chi connectivity index (χ1n) is 5.90. The zero-order valence-electron chi connectivity index (χ0n) is 11.3. The summed E-state index contributed by atoms with van der Waals surface area (Å²) in [6.07, 6.45) is 1.18. The molecule has 0 bridgehead atoms. The molecule has 0 aliphatic heterocycles. The van der Waals surface area contributed by atoms with Gasteiger partial charge in [-0.2, -0.15) is 13.3 Å². The number of hydrogen-bond acceptors (Lipinski definition) is 4. The van der Waals surface area contributed by atoms with Crippen LogP contribution in [0.1, 0.15) is 13.8 Å². The van der Waals surface area contributed by atoms with Crippen molar-refractivity contribution in [1.29, 1.82) is 0 Å². The number of quaternary nitrogens is 1. The van der Waals surface area contributed by atoms with Crippen molar-refractivity contribution in [3.05, 3.63) is 30.3 Å². The van der Waals surface area contributed by atoms with E-state index >= 15 is 0 Å². The maximum absolute atomic E-state index is 12.2. The van der Waals surface area contributed by atoms with Crippen molar-refractivity contribution in [2.45, 2.75) is 13.8 Å². The standard InChI is InChI=1S/C12H21N2O3S/c1-5-13(6-2)14(17-3,18(4,15)16)12-10-8-7-9-11-12/h7-11H,5-6H2,1-4H3/q+1. The third-order valence-electron chi connectivity index (χ3n) is 2.88. The largest absolute Gasteiger partial charge is 0.347 e. The molecular weight excluding hydrogens is 252 g/mol. The third kappa shape index (κ3) is 2.42.